The van der Waals surface area contributed by atoms with Crippen molar-refractivity contribution in [2.45, 2.75) is 12.8 Å². The number of carboxylic acids is 1. The van der Waals surface area contributed by atoms with Gasteiger partial charge in [-0.25, -0.2) is 4.79 Å². The van der Waals surface area contributed by atoms with Gasteiger partial charge in [-0.3, -0.25) is 9.67 Å². The van der Waals surface area contributed by atoms with Crippen LogP contribution < -0.4 is 4.90 Å². The van der Waals surface area contributed by atoms with Crippen molar-refractivity contribution in [1.29, 1.82) is 0 Å². The molecule has 0 amide bonds. The molecule has 0 radical (unpaired) electrons. The minimum absolute atomic E-state index is 0.207. The molecule has 0 saturated heterocycles. The largest absolute Gasteiger partial charge is 0.478 e. The first kappa shape index (κ1) is 18.6. The highest BCUT2D eigenvalue weighted by Crippen LogP contribution is 2.37. The van der Waals surface area contributed by atoms with Gasteiger partial charge in [-0.2, -0.15) is 5.10 Å². The molecule has 6 rings (SSSR count). The van der Waals surface area contributed by atoms with Crippen LogP contribution in [0.15, 0.2) is 60.8 Å². The molecule has 7 heteroatoms. The Morgan fingerprint density at radius 2 is 1.97 bits per heavy atom. The molecular formula is C25H21N5O2. The second kappa shape index (κ2) is 6.95. The van der Waals surface area contributed by atoms with Crippen molar-refractivity contribution in [3.8, 4) is 11.4 Å². The van der Waals surface area contributed by atoms with E-state index in [-0.39, 0.29) is 5.56 Å². The maximum atomic E-state index is 11.6. The molecule has 4 heterocycles. The predicted octanol–water partition coefficient (Wildman–Crippen LogP) is 4.90. The summed E-state index contributed by atoms with van der Waals surface area (Å²) in [7, 11) is 1.91. The summed E-state index contributed by atoms with van der Waals surface area (Å²) in [6.45, 7) is 0.980. The van der Waals surface area contributed by atoms with Gasteiger partial charge in [0, 0.05) is 36.6 Å². The number of nitrogens with zero attached hydrogens (tertiary/aromatic N) is 4. The van der Waals surface area contributed by atoms with E-state index >= 15 is 0 Å². The molecule has 0 spiro atoms. The Morgan fingerprint density at radius 1 is 1.09 bits per heavy atom. The van der Waals surface area contributed by atoms with E-state index in [1.54, 1.807) is 0 Å². The van der Waals surface area contributed by atoms with Gasteiger partial charge in [0.2, 0.25) is 0 Å². The standard InChI is InChI=1S/C25H21N5O2/c1-29-24(21-14-20-23(27-21)18(25(31)32)10-11-26-20)17-9-8-16(13-19(17)28-29)30-12-4-6-15-5-2-3-7-22(15)30/h2-3,5,7-11,13-14,27H,4,6,12H2,1H3,(H,31,32). The lowest BCUT2D eigenvalue weighted by Crippen LogP contribution is -2.24. The number of H-pyrrole nitrogens is 1. The molecule has 1 aliphatic heterocycles. The monoisotopic (exact) mass is 423 g/mol. The predicted molar refractivity (Wildman–Crippen MR) is 125 cm³/mol. The van der Waals surface area contributed by atoms with Gasteiger partial charge >= 0.3 is 5.97 Å². The fourth-order valence-electron chi connectivity index (χ4n) is 4.81. The minimum Gasteiger partial charge on any atom is -0.478 e. The molecule has 0 aliphatic carbocycles. The van der Waals surface area contributed by atoms with Crippen molar-refractivity contribution in [2.24, 2.45) is 7.05 Å². The molecule has 0 atom stereocenters. The third kappa shape index (κ3) is 2.78. The summed E-state index contributed by atoms with van der Waals surface area (Å²) in [5.74, 6) is -0.980. The van der Waals surface area contributed by atoms with Crippen LogP contribution in [-0.2, 0) is 13.5 Å². The molecule has 0 saturated carbocycles. The maximum Gasteiger partial charge on any atom is 0.337 e. The number of aryl methyl sites for hydroxylation is 2. The lowest BCUT2D eigenvalue weighted by molar-refractivity contribution is 0.0698. The van der Waals surface area contributed by atoms with E-state index in [0.29, 0.717) is 11.0 Å². The highest BCUT2D eigenvalue weighted by atomic mass is 16.4. The number of carbonyl (C=O) groups is 1. The number of hydrogen-bond donors (Lipinski definition) is 2. The number of para-hydroxylation sites is 1. The van der Waals surface area contributed by atoms with Gasteiger partial charge in [-0.15, -0.1) is 0 Å². The quantitative estimate of drug-likeness (QED) is 0.431. The van der Waals surface area contributed by atoms with E-state index in [9.17, 15) is 9.90 Å². The summed E-state index contributed by atoms with van der Waals surface area (Å²) < 4.78 is 1.84. The first-order valence-corrected chi connectivity index (χ1v) is 10.6. The van der Waals surface area contributed by atoms with E-state index in [4.69, 9.17) is 5.10 Å². The summed E-state index contributed by atoms with van der Waals surface area (Å²) >= 11 is 0. The van der Waals surface area contributed by atoms with Crippen LogP contribution in [0.4, 0.5) is 11.4 Å². The van der Waals surface area contributed by atoms with Crippen molar-refractivity contribution in [3.05, 3.63) is 71.9 Å². The Morgan fingerprint density at radius 3 is 2.84 bits per heavy atom. The molecule has 3 aromatic heterocycles. The number of anilines is 2. The van der Waals surface area contributed by atoms with Crippen molar-refractivity contribution in [3.63, 3.8) is 0 Å². The average molecular weight is 423 g/mol. The molecule has 32 heavy (non-hydrogen) atoms. The van der Waals surface area contributed by atoms with E-state index in [2.05, 4.69) is 57.3 Å². The van der Waals surface area contributed by atoms with Crippen LogP contribution in [-0.4, -0.2) is 37.4 Å². The van der Waals surface area contributed by atoms with Crippen molar-refractivity contribution < 1.29 is 9.90 Å². The summed E-state index contributed by atoms with van der Waals surface area (Å²) in [5, 5.41) is 15.3. The van der Waals surface area contributed by atoms with Gasteiger partial charge in [0.1, 0.15) is 0 Å². The third-order valence-corrected chi connectivity index (χ3v) is 6.25. The first-order valence-electron chi connectivity index (χ1n) is 10.6. The maximum absolute atomic E-state index is 11.6. The van der Waals surface area contributed by atoms with Crippen molar-refractivity contribution in [2.75, 3.05) is 11.4 Å². The highest BCUT2D eigenvalue weighted by Gasteiger charge is 2.21. The van der Waals surface area contributed by atoms with Crippen LogP contribution in [0.25, 0.3) is 33.3 Å². The molecule has 1 aliphatic rings. The van der Waals surface area contributed by atoms with Gasteiger partial charge in [0.05, 0.1) is 33.5 Å². The van der Waals surface area contributed by atoms with Crippen LogP contribution in [0, 0.1) is 0 Å². The zero-order chi connectivity index (χ0) is 21.8. The number of hydrogen-bond acceptors (Lipinski definition) is 4. The summed E-state index contributed by atoms with van der Waals surface area (Å²) in [5.41, 5.74) is 7.70. The first-order chi connectivity index (χ1) is 15.6. The number of aromatic amines is 1. The van der Waals surface area contributed by atoms with Crippen LogP contribution in [0.1, 0.15) is 22.3 Å². The van der Waals surface area contributed by atoms with Crippen molar-refractivity contribution >= 4 is 39.3 Å². The Kier molecular flexibility index (Phi) is 4.04. The zero-order valence-electron chi connectivity index (χ0n) is 17.5. The average Bonchev–Trinajstić information content (AvgIpc) is 3.37. The molecule has 0 bridgehead atoms. The normalized spacial score (nSPS) is 13.6. The van der Waals surface area contributed by atoms with Gasteiger partial charge in [-0.1, -0.05) is 18.2 Å². The van der Waals surface area contributed by atoms with E-state index < -0.39 is 5.97 Å². The highest BCUT2D eigenvalue weighted by molar-refractivity contribution is 6.03. The molecule has 2 aromatic carbocycles. The van der Waals surface area contributed by atoms with E-state index in [0.717, 1.165) is 47.4 Å². The number of nitrogens with one attached hydrogen (secondary N) is 1. The van der Waals surface area contributed by atoms with Crippen LogP contribution in [0.5, 0.6) is 0 Å². The summed E-state index contributed by atoms with van der Waals surface area (Å²) in [6.07, 6.45) is 3.75. The second-order valence-corrected chi connectivity index (χ2v) is 8.16. The molecule has 0 unspecified atom stereocenters. The number of carboxylic acid groups (broad SMARTS) is 1. The Hall–Kier alpha value is -4.13. The summed E-state index contributed by atoms with van der Waals surface area (Å²) in [4.78, 5) is 21.5. The van der Waals surface area contributed by atoms with E-state index in [1.807, 2.05) is 17.8 Å². The van der Waals surface area contributed by atoms with Gasteiger partial charge in [-0.05, 0) is 54.8 Å². The smallest absolute Gasteiger partial charge is 0.337 e. The molecular weight excluding hydrogens is 402 g/mol. The molecule has 158 valence electrons. The number of aromatic carboxylic acids is 1. The minimum atomic E-state index is -0.980. The Labute approximate surface area is 183 Å². The Bertz CT molecular complexity index is 1510. The van der Waals surface area contributed by atoms with Crippen LogP contribution in [0.3, 0.4) is 0 Å². The SMILES string of the molecule is Cn1nc2cc(N3CCCc4ccccc43)ccc2c1-c1cc2nccc(C(=O)O)c2[nH]1. The zero-order valence-corrected chi connectivity index (χ0v) is 17.5. The van der Waals surface area contributed by atoms with Crippen LogP contribution >= 0.6 is 0 Å². The third-order valence-electron chi connectivity index (χ3n) is 6.25. The van der Waals surface area contributed by atoms with Crippen LogP contribution in [0.2, 0.25) is 0 Å². The molecule has 0 fully saturated rings. The number of benzene rings is 2. The molecule has 2 N–H and O–H groups in total. The fourth-order valence-corrected chi connectivity index (χ4v) is 4.81. The summed E-state index contributed by atoms with van der Waals surface area (Å²) in [6, 6.07) is 18.3. The topological polar surface area (TPSA) is 87.0 Å². The van der Waals surface area contributed by atoms with Gasteiger partial charge < -0.3 is 15.0 Å². The molecule has 5 aromatic rings. The second-order valence-electron chi connectivity index (χ2n) is 8.16. The van der Waals surface area contributed by atoms with Crippen molar-refractivity contribution in [1.82, 2.24) is 19.7 Å². The van der Waals surface area contributed by atoms with Gasteiger partial charge in [0.15, 0.2) is 0 Å². The number of fused-ring (bicyclic) bond motifs is 3. The van der Waals surface area contributed by atoms with E-state index in [1.165, 1.54) is 23.5 Å². The fraction of sp³-hybridized carbons (Fsp3) is 0.160. The lowest BCUT2D eigenvalue weighted by Gasteiger charge is -2.31. The molecule has 7 nitrogen and oxygen atoms in total. The number of rotatable bonds is 3. The Balaban J connectivity index is 1.47. The van der Waals surface area contributed by atoms with Gasteiger partial charge in [0.25, 0.3) is 0 Å². The number of pyridine rings is 1. The number of aromatic nitrogens is 4. The lowest BCUT2D eigenvalue weighted by atomic mass is 10.0.